The third kappa shape index (κ3) is 0.789. The first-order chi connectivity index (χ1) is 5.29. The first kappa shape index (κ1) is 7.53. The molecule has 1 saturated carbocycles. The molecule has 2 aliphatic rings. The van der Waals surface area contributed by atoms with Gasteiger partial charge in [-0.3, -0.25) is 0 Å². The Balaban J connectivity index is 2.09. The van der Waals surface area contributed by atoms with Gasteiger partial charge in [0, 0.05) is 24.0 Å². The molecule has 0 bridgehead atoms. The molecule has 0 aromatic carbocycles. The van der Waals surface area contributed by atoms with Crippen molar-refractivity contribution in [2.24, 2.45) is 16.6 Å². The van der Waals surface area contributed by atoms with Crippen LogP contribution in [0.25, 0.3) is 0 Å². The van der Waals surface area contributed by atoms with E-state index in [0.717, 1.165) is 26.1 Å². The van der Waals surface area contributed by atoms with E-state index in [4.69, 9.17) is 15.6 Å². The van der Waals surface area contributed by atoms with E-state index >= 15 is 0 Å². The lowest BCUT2D eigenvalue weighted by molar-refractivity contribution is 0.143. The van der Waals surface area contributed by atoms with Crippen LogP contribution in [-0.4, -0.2) is 31.5 Å². The van der Waals surface area contributed by atoms with E-state index in [2.05, 4.69) is 0 Å². The SMILES string of the molecule is NCC1(CO)CC12CCOC2. The van der Waals surface area contributed by atoms with E-state index < -0.39 is 0 Å². The van der Waals surface area contributed by atoms with Gasteiger partial charge in [-0.05, 0) is 12.8 Å². The maximum absolute atomic E-state index is 9.15. The van der Waals surface area contributed by atoms with Gasteiger partial charge >= 0.3 is 0 Å². The molecule has 3 N–H and O–H groups in total. The monoisotopic (exact) mass is 157 g/mol. The second-order valence-corrected chi connectivity index (χ2v) is 3.90. The van der Waals surface area contributed by atoms with Crippen molar-refractivity contribution in [3.63, 3.8) is 0 Å². The van der Waals surface area contributed by atoms with Crippen LogP contribution in [0.3, 0.4) is 0 Å². The van der Waals surface area contributed by atoms with Crippen LogP contribution in [0, 0.1) is 10.8 Å². The Morgan fingerprint density at radius 2 is 2.36 bits per heavy atom. The third-order valence-corrected chi connectivity index (χ3v) is 3.47. The number of ether oxygens (including phenoxy) is 1. The van der Waals surface area contributed by atoms with Gasteiger partial charge in [0.2, 0.25) is 0 Å². The molecule has 2 rings (SSSR count). The van der Waals surface area contributed by atoms with Crippen molar-refractivity contribution in [1.82, 2.24) is 0 Å². The molecule has 0 amide bonds. The highest BCUT2D eigenvalue weighted by atomic mass is 16.5. The molecule has 1 aliphatic carbocycles. The molecule has 1 spiro atoms. The van der Waals surface area contributed by atoms with Gasteiger partial charge in [-0.15, -0.1) is 0 Å². The lowest BCUT2D eigenvalue weighted by atomic mass is 9.93. The lowest BCUT2D eigenvalue weighted by Gasteiger charge is -2.15. The van der Waals surface area contributed by atoms with Crippen molar-refractivity contribution in [3.8, 4) is 0 Å². The summed E-state index contributed by atoms with van der Waals surface area (Å²) in [5, 5.41) is 9.15. The Kier molecular flexibility index (Phi) is 1.50. The third-order valence-electron chi connectivity index (χ3n) is 3.47. The van der Waals surface area contributed by atoms with Crippen LogP contribution in [0.4, 0.5) is 0 Å². The van der Waals surface area contributed by atoms with E-state index in [-0.39, 0.29) is 17.4 Å². The number of rotatable bonds is 2. The van der Waals surface area contributed by atoms with Crippen molar-refractivity contribution in [1.29, 1.82) is 0 Å². The summed E-state index contributed by atoms with van der Waals surface area (Å²) in [6.45, 7) is 2.49. The van der Waals surface area contributed by atoms with E-state index in [0.29, 0.717) is 6.54 Å². The maximum atomic E-state index is 9.15. The van der Waals surface area contributed by atoms with Crippen molar-refractivity contribution < 1.29 is 9.84 Å². The van der Waals surface area contributed by atoms with Crippen LogP contribution in [0.2, 0.25) is 0 Å². The summed E-state index contributed by atoms with van der Waals surface area (Å²) >= 11 is 0. The summed E-state index contributed by atoms with van der Waals surface area (Å²) in [7, 11) is 0. The molecule has 0 aromatic rings. The number of aliphatic hydroxyl groups excluding tert-OH is 1. The van der Waals surface area contributed by atoms with Crippen LogP contribution in [0.5, 0.6) is 0 Å². The van der Waals surface area contributed by atoms with Gasteiger partial charge in [-0.2, -0.15) is 0 Å². The molecule has 2 fully saturated rings. The summed E-state index contributed by atoms with van der Waals surface area (Å²) in [6.07, 6.45) is 2.15. The van der Waals surface area contributed by atoms with E-state index in [1.165, 1.54) is 0 Å². The summed E-state index contributed by atoms with van der Waals surface area (Å²) < 4.78 is 5.31. The highest BCUT2D eigenvalue weighted by Gasteiger charge is 2.67. The molecular weight excluding hydrogens is 142 g/mol. The zero-order valence-corrected chi connectivity index (χ0v) is 6.68. The molecule has 3 nitrogen and oxygen atoms in total. The summed E-state index contributed by atoms with van der Waals surface area (Å²) in [5.74, 6) is 0. The molecule has 2 unspecified atom stereocenters. The minimum absolute atomic E-state index is 0.0174. The molecule has 1 aliphatic heterocycles. The van der Waals surface area contributed by atoms with Crippen LogP contribution in [-0.2, 0) is 4.74 Å². The first-order valence-corrected chi connectivity index (χ1v) is 4.17. The van der Waals surface area contributed by atoms with Gasteiger partial charge in [0.15, 0.2) is 0 Å². The van der Waals surface area contributed by atoms with E-state index in [1.54, 1.807) is 0 Å². The topological polar surface area (TPSA) is 55.5 Å². The summed E-state index contributed by atoms with van der Waals surface area (Å²) in [5.41, 5.74) is 5.90. The Morgan fingerprint density at radius 3 is 2.73 bits per heavy atom. The van der Waals surface area contributed by atoms with Gasteiger partial charge in [0.25, 0.3) is 0 Å². The first-order valence-electron chi connectivity index (χ1n) is 4.17. The zero-order valence-electron chi connectivity index (χ0n) is 6.68. The normalized spacial score (nSPS) is 48.5. The van der Waals surface area contributed by atoms with Gasteiger partial charge in [0.05, 0.1) is 13.2 Å². The molecule has 11 heavy (non-hydrogen) atoms. The molecule has 0 radical (unpaired) electrons. The minimum Gasteiger partial charge on any atom is -0.396 e. The Labute approximate surface area is 66.5 Å². The largest absolute Gasteiger partial charge is 0.396 e. The van der Waals surface area contributed by atoms with Gasteiger partial charge < -0.3 is 15.6 Å². The van der Waals surface area contributed by atoms with E-state index in [9.17, 15) is 0 Å². The highest BCUT2D eigenvalue weighted by molar-refractivity contribution is 5.16. The molecule has 1 heterocycles. The van der Waals surface area contributed by atoms with Crippen LogP contribution in [0.15, 0.2) is 0 Å². The van der Waals surface area contributed by atoms with Gasteiger partial charge in [-0.1, -0.05) is 0 Å². The lowest BCUT2D eigenvalue weighted by Crippen LogP contribution is -2.27. The van der Waals surface area contributed by atoms with Crippen LogP contribution >= 0.6 is 0 Å². The van der Waals surface area contributed by atoms with Gasteiger partial charge in [0.1, 0.15) is 0 Å². The molecule has 1 saturated heterocycles. The fraction of sp³-hybridized carbons (Fsp3) is 1.00. The number of hydrogen-bond donors (Lipinski definition) is 2. The quantitative estimate of drug-likeness (QED) is 0.580. The van der Waals surface area contributed by atoms with Crippen molar-refractivity contribution >= 4 is 0 Å². The standard InChI is InChI=1S/C8H15NO2/c9-4-8(5-10)3-7(8)1-2-11-6-7/h10H,1-6,9H2. The van der Waals surface area contributed by atoms with Crippen molar-refractivity contribution in [2.45, 2.75) is 12.8 Å². The fourth-order valence-electron chi connectivity index (χ4n) is 2.35. The Hall–Kier alpha value is -0.120. The predicted octanol–water partition coefficient (Wildman–Crippen LogP) is -0.266. The predicted molar refractivity (Wildman–Crippen MR) is 41.1 cm³/mol. The Bertz CT molecular complexity index is 157. The van der Waals surface area contributed by atoms with Crippen molar-refractivity contribution in [2.75, 3.05) is 26.4 Å². The zero-order chi connectivity index (χ0) is 7.95. The van der Waals surface area contributed by atoms with Crippen LogP contribution in [0.1, 0.15) is 12.8 Å². The smallest absolute Gasteiger partial charge is 0.0530 e. The molecular formula is C8H15NO2. The molecule has 0 aromatic heterocycles. The Morgan fingerprint density at radius 1 is 1.55 bits per heavy atom. The number of nitrogens with two attached hydrogens (primary N) is 1. The minimum atomic E-state index is 0.0174. The van der Waals surface area contributed by atoms with Crippen LogP contribution < -0.4 is 5.73 Å². The van der Waals surface area contributed by atoms with Crippen molar-refractivity contribution in [3.05, 3.63) is 0 Å². The van der Waals surface area contributed by atoms with E-state index in [1.807, 2.05) is 0 Å². The molecule has 64 valence electrons. The highest BCUT2D eigenvalue weighted by Crippen LogP contribution is 2.66. The average molecular weight is 157 g/mol. The van der Waals surface area contributed by atoms with Gasteiger partial charge in [-0.25, -0.2) is 0 Å². The molecule has 2 atom stereocenters. The maximum Gasteiger partial charge on any atom is 0.0530 e. The number of hydrogen-bond acceptors (Lipinski definition) is 3. The second-order valence-electron chi connectivity index (χ2n) is 3.90. The average Bonchev–Trinajstić information content (AvgIpc) is 2.37. The number of aliphatic hydroxyl groups is 1. The fourth-order valence-corrected chi connectivity index (χ4v) is 2.35. The molecule has 3 heteroatoms. The summed E-state index contributed by atoms with van der Waals surface area (Å²) in [4.78, 5) is 0. The summed E-state index contributed by atoms with van der Waals surface area (Å²) in [6, 6.07) is 0. The second kappa shape index (κ2) is 2.19.